The van der Waals surface area contributed by atoms with E-state index < -0.39 is 18.8 Å². The molecular formula is C18H28O3. The van der Waals surface area contributed by atoms with E-state index in [2.05, 4.69) is 33.8 Å². The standard InChI is InChI=1S/C18H28O3/c1-11-8-13-14(9-12(11)16(21)15(20)10-19)18(4,5)7-6-17(13,2)3/h8-9,15-16,19-21H,6-7,10H2,1-5H3. The number of hydrogen-bond donors (Lipinski definition) is 3. The molecule has 3 heteroatoms. The van der Waals surface area contributed by atoms with Crippen LogP contribution >= 0.6 is 0 Å². The number of aliphatic hydroxyl groups is 3. The first-order chi connectivity index (χ1) is 9.60. The van der Waals surface area contributed by atoms with Crippen molar-refractivity contribution in [3.8, 4) is 0 Å². The summed E-state index contributed by atoms with van der Waals surface area (Å²) in [6.07, 6.45) is 0.0736. The van der Waals surface area contributed by atoms with Crippen LogP contribution in [0.3, 0.4) is 0 Å². The molecule has 21 heavy (non-hydrogen) atoms. The van der Waals surface area contributed by atoms with E-state index in [1.165, 1.54) is 11.1 Å². The molecule has 0 bridgehead atoms. The highest BCUT2D eigenvalue weighted by molar-refractivity contribution is 5.47. The lowest BCUT2D eigenvalue weighted by Gasteiger charge is -2.42. The molecule has 0 saturated heterocycles. The Labute approximate surface area is 127 Å². The van der Waals surface area contributed by atoms with E-state index in [4.69, 9.17) is 5.11 Å². The second-order valence-electron chi connectivity index (χ2n) is 7.72. The van der Waals surface area contributed by atoms with Crippen molar-refractivity contribution in [2.24, 2.45) is 0 Å². The Bertz CT molecular complexity index is 532. The van der Waals surface area contributed by atoms with Gasteiger partial charge in [0.05, 0.1) is 6.61 Å². The Morgan fingerprint density at radius 3 is 1.95 bits per heavy atom. The van der Waals surface area contributed by atoms with Crippen LogP contribution in [-0.4, -0.2) is 28.0 Å². The fourth-order valence-electron chi connectivity index (χ4n) is 3.36. The minimum absolute atomic E-state index is 0.0667. The van der Waals surface area contributed by atoms with Gasteiger partial charge in [-0.1, -0.05) is 39.8 Å². The Morgan fingerprint density at radius 1 is 1.00 bits per heavy atom. The van der Waals surface area contributed by atoms with E-state index in [0.29, 0.717) is 0 Å². The van der Waals surface area contributed by atoms with Gasteiger partial charge in [-0.2, -0.15) is 0 Å². The number of hydrogen-bond acceptors (Lipinski definition) is 3. The summed E-state index contributed by atoms with van der Waals surface area (Å²) in [5.41, 5.74) is 4.49. The average Bonchev–Trinajstić information content (AvgIpc) is 2.42. The van der Waals surface area contributed by atoms with Crippen molar-refractivity contribution in [2.45, 2.75) is 70.5 Å². The first kappa shape index (κ1) is 16.5. The molecule has 0 heterocycles. The molecule has 0 spiro atoms. The van der Waals surface area contributed by atoms with Crippen molar-refractivity contribution >= 4 is 0 Å². The van der Waals surface area contributed by atoms with Gasteiger partial charge in [-0.15, -0.1) is 0 Å². The van der Waals surface area contributed by atoms with Crippen LogP contribution in [-0.2, 0) is 10.8 Å². The Balaban J connectivity index is 2.59. The van der Waals surface area contributed by atoms with E-state index in [-0.39, 0.29) is 10.8 Å². The van der Waals surface area contributed by atoms with Gasteiger partial charge in [0.25, 0.3) is 0 Å². The number of rotatable bonds is 3. The normalized spacial score (nSPS) is 22.5. The third-order valence-corrected chi connectivity index (χ3v) is 5.11. The number of benzene rings is 1. The molecule has 3 N–H and O–H groups in total. The molecule has 0 aromatic heterocycles. The van der Waals surface area contributed by atoms with Crippen LogP contribution in [0.15, 0.2) is 12.1 Å². The lowest BCUT2D eigenvalue weighted by molar-refractivity contribution is -0.0156. The van der Waals surface area contributed by atoms with Crippen LogP contribution in [0, 0.1) is 6.92 Å². The van der Waals surface area contributed by atoms with Crippen LogP contribution < -0.4 is 0 Å². The molecule has 3 nitrogen and oxygen atoms in total. The minimum Gasteiger partial charge on any atom is -0.394 e. The van der Waals surface area contributed by atoms with E-state index in [1.807, 2.05) is 13.0 Å². The van der Waals surface area contributed by atoms with Gasteiger partial charge >= 0.3 is 0 Å². The monoisotopic (exact) mass is 292 g/mol. The molecule has 1 aromatic rings. The molecule has 2 atom stereocenters. The maximum absolute atomic E-state index is 10.3. The number of aryl methyl sites for hydroxylation is 1. The maximum atomic E-state index is 10.3. The highest BCUT2D eigenvalue weighted by Gasteiger charge is 2.38. The smallest absolute Gasteiger partial charge is 0.107 e. The van der Waals surface area contributed by atoms with Crippen LogP contribution in [0.5, 0.6) is 0 Å². The SMILES string of the molecule is Cc1cc2c(cc1C(O)C(O)CO)C(C)(C)CCC2(C)C. The molecule has 0 radical (unpaired) electrons. The zero-order valence-corrected chi connectivity index (χ0v) is 13.8. The van der Waals surface area contributed by atoms with Crippen LogP contribution in [0.25, 0.3) is 0 Å². The fourth-order valence-corrected chi connectivity index (χ4v) is 3.36. The third kappa shape index (κ3) is 2.87. The van der Waals surface area contributed by atoms with Crippen LogP contribution in [0.4, 0.5) is 0 Å². The van der Waals surface area contributed by atoms with Gasteiger partial charge in [-0.05, 0) is 52.8 Å². The van der Waals surface area contributed by atoms with Crippen molar-refractivity contribution in [3.63, 3.8) is 0 Å². The molecule has 1 aliphatic carbocycles. The molecule has 0 saturated carbocycles. The Kier molecular flexibility index (Phi) is 4.22. The van der Waals surface area contributed by atoms with Crippen LogP contribution in [0.1, 0.15) is 68.9 Å². The third-order valence-electron chi connectivity index (χ3n) is 5.11. The van der Waals surface area contributed by atoms with Gasteiger partial charge in [-0.3, -0.25) is 0 Å². The van der Waals surface area contributed by atoms with Gasteiger partial charge in [0, 0.05) is 0 Å². The van der Waals surface area contributed by atoms with E-state index >= 15 is 0 Å². The van der Waals surface area contributed by atoms with E-state index in [1.54, 1.807) is 0 Å². The lowest BCUT2D eigenvalue weighted by Crippen LogP contribution is -2.34. The fraction of sp³-hybridized carbons (Fsp3) is 0.667. The molecule has 1 aromatic carbocycles. The average molecular weight is 292 g/mol. The number of fused-ring (bicyclic) bond motifs is 1. The summed E-state index contributed by atoms with van der Waals surface area (Å²) in [6.45, 7) is 10.5. The molecule has 2 rings (SSSR count). The van der Waals surface area contributed by atoms with E-state index in [9.17, 15) is 10.2 Å². The molecule has 0 fully saturated rings. The minimum atomic E-state index is -1.14. The molecule has 0 aliphatic heterocycles. The first-order valence-electron chi connectivity index (χ1n) is 7.72. The van der Waals surface area contributed by atoms with Gasteiger partial charge in [0.15, 0.2) is 0 Å². The van der Waals surface area contributed by atoms with Gasteiger partial charge < -0.3 is 15.3 Å². The van der Waals surface area contributed by atoms with Crippen molar-refractivity contribution < 1.29 is 15.3 Å². The van der Waals surface area contributed by atoms with Gasteiger partial charge in [-0.25, -0.2) is 0 Å². The van der Waals surface area contributed by atoms with Crippen LogP contribution in [0.2, 0.25) is 0 Å². The van der Waals surface area contributed by atoms with Gasteiger partial charge in [0.2, 0.25) is 0 Å². The Hall–Kier alpha value is -0.900. The lowest BCUT2D eigenvalue weighted by atomic mass is 9.62. The summed E-state index contributed by atoms with van der Waals surface area (Å²) in [4.78, 5) is 0. The quantitative estimate of drug-likeness (QED) is 0.803. The van der Waals surface area contributed by atoms with Crippen molar-refractivity contribution in [1.82, 2.24) is 0 Å². The number of aliphatic hydroxyl groups excluding tert-OH is 3. The summed E-state index contributed by atoms with van der Waals surface area (Å²) in [5.74, 6) is 0. The highest BCUT2D eigenvalue weighted by atomic mass is 16.4. The summed E-state index contributed by atoms with van der Waals surface area (Å²) >= 11 is 0. The largest absolute Gasteiger partial charge is 0.394 e. The molecule has 2 unspecified atom stereocenters. The second kappa shape index (κ2) is 5.38. The maximum Gasteiger partial charge on any atom is 0.107 e. The molecular weight excluding hydrogens is 264 g/mol. The molecule has 118 valence electrons. The molecule has 1 aliphatic rings. The summed E-state index contributed by atoms with van der Waals surface area (Å²) in [7, 11) is 0. The predicted molar refractivity (Wildman–Crippen MR) is 84.5 cm³/mol. The van der Waals surface area contributed by atoms with Crippen molar-refractivity contribution in [3.05, 3.63) is 34.4 Å². The summed E-state index contributed by atoms with van der Waals surface area (Å²) in [5, 5.41) is 29.1. The first-order valence-corrected chi connectivity index (χ1v) is 7.72. The zero-order chi connectivity index (χ0) is 16.0. The van der Waals surface area contributed by atoms with Crippen molar-refractivity contribution in [2.75, 3.05) is 6.61 Å². The van der Waals surface area contributed by atoms with Gasteiger partial charge in [0.1, 0.15) is 12.2 Å². The molecule has 0 amide bonds. The Morgan fingerprint density at radius 2 is 1.48 bits per heavy atom. The predicted octanol–water partition coefficient (Wildman–Crippen LogP) is 2.73. The topological polar surface area (TPSA) is 60.7 Å². The van der Waals surface area contributed by atoms with E-state index in [0.717, 1.165) is 24.0 Å². The second-order valence-corrected chi connectivity index (χ2v) is 7.72. The summed E-state index contributed by atoms with van der Waals surface area (Å²) in [6, 6.07) is 4.19. The van der Waals surface area contributed by atoms with Crippen molar-refractivity contribution in [1.29, 1.82) is 0 Å². The summed E-state index contributed by atoms with van der Waals surface area (Å²) < 4.78 is 0. The zero-order valence-electron chi connectivity index (χ0n) is 13.8. The highest BCUT2D eigenvalue weighted by Crippen LogP contribution is 2.47.